The number of benzene rings is 2. The Balaban J connectivity index is 1.86. The van der Waals surface area contributed by atoms with E-state index in [1.54, 1.807) is 0 Å². The Morgan fingerprint density at radius 3 is 1.87 bits per heavy atom. The van der Waals surface area contributed by atoms with Crippen LogP contribution in [-0.2, 0) is 13.7 Å². The second-order valence-electron chi connectivity index (χ2n) is 13.6. The second kappa shape index (κ2) is 12.6. The van der Waals surface area contributed by atoms with Crippen molar-refractivity contribution in [2.75, 3.05) is 6.61 Å². The van der Waals surface area contributed by atoms with Gasteiger partial charge < -0.3 is 13.7 Å². The van der Waals surface area contributed by atoms with Crippen LogP contribution in [0.5, 0.6) is 0 Å². The van der Waals surface area contributed by atoms with Gasteiger partial charge in [-0.25, -0.2) is 0 Å². The van der Waals surface area contributed by atoms with Crippen molar-refractivity contribution in [2.24, 2.45) is 5.92 Å². The van der Waals surface area contributed by atoms with Crippen LogP contribution >= 0.6 is 8.15 Å². The zero-order valence-corrected chi connectivity index (χ0v) is 28.3. The van der Waals surface area contributed by atoms with Crippen molar-refractivity contribution in [3.8, 4) is 0 Å². The Hall–Kier alpha value is -1.41. The molecule has 1 aliphatic carbocycles. The zero-order chi connectivity index (χ0) is 29.1. The number of hydrogen-bond acceptors (Lipinski definition) is 4. The molecule has 39 heavy (non-hydrogen) atoms. The van der Waals surface area contributed by atoms with Gasteiger partial charge in [0, 0.05) is 22.9 Å². The minimum atomic E-state index is -2.46. The fourth-order valence-corrected chi connectivity index (χ4v) is 8.31. The predicted molar refractivity (Wildman–Crippen MR) is 171 cm³/mol. The predicted octanol–water partition coefficient (Wildman–Crippen LogP) is 7.71. The Morgan fingerprint density at radius 1 is 0.897 bits per heavy atom. The van der Waals surface area contributed by atoms with Crippen molar-refractivity contribution in [3.05, 3.63) is 72.3 Å². The van der Waals surface area contributed by atoms with Crippen molar-refractivity contribution in [1.29, 1.82) is 0 Å². The lowest BCUT2D eigenvalue weighted by Gasteiger charge is -2.43. The number of carbonyl (C=O) groups is 1. The monoisotopic (exact) mass is 584 g/mol. The molecular formula is C32H49O4PSi2. The third-order valence-corrected chi connectivity index (χ3v) is 18.8. The first-order valence-corrected chi connectivity index (χ1v) is 21.3. The van der Waals surface area contributed by atoms with Gasteiger partial charge in [-0.15, -0.1) is 0 Å². The van der Waals surface area contributed by atoms with Gasteiger partial charge in [0.25, 0.3) is 0 Å². The third-order valence-electron chi connectivity index (χ3n) is 8.89. The molecule has 1 aliphatic rings. The molecule has 2 atom stereocenters. The molecule has 1 N–H and O–H groups in total. The van der Waals surface area contributed by atoms with Crippen LogP contribution in [0.3, 0.4) is 0 Å². The summed E-state index contributed by atoms with van der Waals surface area (Å²) in [7, 11) is -5.55. The van der Waals surface area contributed by atoms with Crippen molar-refractivity contribution in [2.45, 2.75) is 96.2 Å². The summed E-state index contributed by atoms with van der Waals surface area (Å²) < 4.78 is 13.3. The summed E-state index contributed by atoms with van der Waals surface area (Å²) >= 11 is 0. The van der Waals surface area contributed by atoms with Gasteiger partial charge in [0.1, 0.15) is 6.10 Å². The Labute approximate surface area is 240 Å². The van der Waals surface area contributed by atoms with Crippen LogP contribution in [0.2, 0.25) is 36.3 Å². The Kier molecular flexibility index (Phi) is 10.4. The molecule has 4 nitrogen and oxygen atoms in total. The van der Waals surface area contributed by atoms with E-state index in [1.165, 1.54) is 16.2 Å². The molecule has 0 aromatic heterocycles. The van der Waals surface area contributed by atoms with Crippen LogP contribution in [0, 0.1) is 5.92 Å². The Bertz CT molecular complexity index is 1040. The molecule has 2 aromatic rings. The molecule has 214 valence electrons. The van der Waals surface area contributed by atoms with Crippen molar-refractivity contribution in [3.63, 3.8) is 0 Å². The summed E-state index contributed by atoms with van der Waals surface area (Å²) in [5.41, 5.74) is 1.23. The summed E-state index contributed by atoms with van der Waals surface area (Å²) in [6.07, 6.45) is 3.77. The van der Waals surface area contributed by atoms with Gasteiger partial charge >= 0.3 is 0 Å². The number of ketones is 1. The average molecular weight is 585 g/mol. The van der Waals surface area contributed by atoms with Gasteiger partial charge in [0.05, 0.1) is 14.8 Å². The summed E-state index contributed by atoms with van der Waals surface area (Å²) in [5, 5.41) is 2.12. The molecule has 0 amide bonds. The number of rotatable bonds is 10. The van der Waals surface area contributed by atoms with Crippen LogP contribution in [0.1, 0.15) is 53.9 Å². The summed E-state index contributed by atoms with van der Waals surface area (Å²) in [6, 6.07) is 20.8. The molecule has 1 fully saturated rings. The number of carbonyl (C=O) groups excluding carboxylic acids is 1. The van der Waals surface area contributed by atoms with E-state index in [1.807, 2.05) is 25.2 Å². The van der Waals surface area contributed by atoms with Crippen LogP contribution in [0.4, 0.5) is 0 Å². The smallest absolute Gasteiger partial charge is 0.193 e. The maximum absolute atomic E-state index is 13.8. The highest BCUT2D eigenvalue weighted by Crippen LogP contribution is 2.46. The molecule has 2 aromatic carbocycles. The first kappa shape index (κ1) is 32.1. The molecule has 3 rings (SSSR count). The molecule has 0 heterocycles. The molecule has 0 saturated heterocycles. The van der Waals surface area contributed by atoms with Crippen LogP contribution in [0.25, 0.3) is 0 Å². The largest absolute Gasteiger partial charge is 0.432 e. The fourth-order valence-electron chi connectivity index (χ4n) is 4.59. The standard InChI is InChI=1S/C32H49O4PSi2/c1-31(2,3)39(8,9)36-29-23-25(22-26(30(29)33)24-32(4,5)38(6,7)34)20-21-35-37(27-16-12-10-13-17-27)28-18-14-11-15-19-28/h10-20,26,29,34H,21-24H2,1-9H3/b25-20+/t26-,29-/m0/s1. The molecule has 7 heteroatoms. The van der Waals surface area contributed by atoms with Gasteiger partial charge in [0.15, 0.2) is 22.4 Å². The molecule has 0 spiro atoms. The van der Waals surface area contributed by atoms with Crippen molar-refractivity contribution < 1.29 is 18.5 Å². The van der Waals surface area contributed by atoms with E-state index >= 15 is 0 Å². The SMILES string of the molecule is CC(C)(C[C@@H]1C/C(=C\COP(c2ccccc2)c2ccccc2)C[C@H](O[Si](C)(C)C(C)(C)C)C1=O)[Si](C)(C)O. The van der Waals surface area contributed by atoms with E-state index in [9.17, 15) is 9.59 Å². The molecule has 0 aliphatic heterocycles. The van der Waals surface area contributed by atoms with Gasteiger partial charge in [-0.05, 0) is 49.1 Å². The van der Waals surface area contributed by atoms with Gasteiger partial charge in [0.2, 0.25) is 0 Å². The third kappa shape index (κ3) is 8.31. The maximum Gasteiger partial charge on any atom is 0.193 e. The normalized spacial score (nSPS) is 20.6. The van der Waals surface area contributed by atoms with Gasteiger partial charge in [-0.1, -0.05) is 107 Å². The summed E-state index contributed by atoms with van der Waals surface area (Å²) in [6.45, 7) is 19.8. The second-order valence-corrected chi connectivity index (χ2v) is 24.8. The molecule has 0 radical (unpaired) electrons. The minimum Gasteiger partial charge on any atom is -0.432 e. The maximum atomic E-state index is 13.8. The number of Topliss-reactive ketones (excluding diaryl/α,β-unsaturated/α-hetero) is 1. The lowest BCUT2D eigenvalue weighted by atomic mass is 9.78. The van der Waals surface area contributed by atoms with Crippen LogP contribution in [0.15, 0.2) is 72.3 Å². The lowest BCUT2D eigenvalue weighted by molar-refractivity contribution is -0.132. The summed E-state index contributed by atoms with van der Waals surface area (Å²) in [4.78, 5) is 24.8. The quantitative estimate of drug-likeness (QED) is 0.177. The highest BCUT2D eigenvalue weighted by atomic mass is 31.1. The van der Waals surface area contributed by atoms with Gasteiger partial charge in [-0.3, -0.25) is 4.79 Å². The highest BCUT2D eigenvalue weighted by molar-refractivity contribution is 7.68. The number of hydrogen-bond donors (Lipinski definition) is 1. The lowest BCUT2D eigenvalue weighted by Crippen LogP contribution is -2.49. The molecule has 1 saturated carbocycles. The van der Waals surface area contributed by atoms with Gasteiger partial charge in [-0.2, -0.15) is 0 Å². The van der Waals surface area contributed by atoms with E-state index in [4.69, 9.17) is 8.95 Å². The zero-order valence-electron chi connectivity index (χ0n) is 25.5. The van der Waals surface area contributed by atoms with Crippen LogP contribution < -0.4 is 10.6 Å². The molecule has 0 unspecified atom stereocenters. The average Bonchev–Trinajstić information content (AvgIpc) is 2.84. The van der Waals surface area contributed by atoms with E-state index in [-0.39, 0.29) is 21.8 Å². The van der Waals surface area contributed by atoms with E-state index in [2.05, 4.69) is 102 Å². The first-order chi connectivity index (χ1) is 18.0. The Morgan fingerprint density at radius 2 is 1.41 bits per heavy atom. The fraction of sp³-hybridized carbons (Fsp3) is 0.531. The first-order valence-electron chi connectivity index (χ1n) is 14.2. The topological polar surface area (TPSA) is 55.8 Å². The minimum absolute atomic E-state index is 0.0215. The van der Waals surface area contributed by atoms with Crippen molar-refractivity contribution in [1.82, 2.24) is 0 Å². The van der Waals surface area contributed by atoms with Crippen molar-refractivity contribution >= 4 is 41.2 Å². The van der Waals surface area contributed by atoms with E-state index in [0.29, 0.717) is 25.9 Å². The highest BCUT2D eigenvalue weighted by Gasteiger charge is 2.47. The molecular weight excluding hydrogens is 535 g/mol. The summed E-state index contributed by atoms with van der Waals surface area (Å²) in [5.74, 6) is 0.0542. The van der Waals surface area contributed by atoms with Crippen LogP contribution in [-0.4, -0.2) is 39.9 Å². The van der Waals surface area contributed by atoms with E-state index in [0.717, 1.165) is 0 Å². The molecule has 0 bridgehead atoms. The van der Waals surface area contributed by atoms with E-state index < -0.39 is 30.9 Å².